The standard InChI is InChI=1S/C20H14Cl2F3N3O4/c21-10-4-6-11(7-5-10)28-16(29)8-15(27-28)19(32)26-14(9-17(30)31)12-2-1-3-13(18(12)22)20(23,24)25/h1-8,14,29H,9H2,(H,26,32)(H,30,31). The molecule has 0 radical (unpaired) electrons. The molecule has 0 saturated carbocycles. The van der Waals surface area contributed by atoms with Gasteiger partial charge in [0.1, 0.15) is 0 Å². The summed E-state index contributed by atoms with van der Waals surface area (Å²) in [4.78, 5) is 24.0. The molecule has 3 N–H and O–H groups in total. The molecule has 7 nitrogen and oxygen atoms in total. The molecule has 32 heavy (non-hydrogen) atoms. The van der Waals surface area contributed by atoms with Crippen LogP contribution < -0.4 is 5.32 Å². The molecule has 1 unspecified atom stereocenters. The van der Waals surface area contributed by atoms with E-state index in [2.05, 4.69) is 10.4 Å². The van der Waals surface area contributed by atoms with Crippen molar-refractivity contribution in [2.45, 2.75) is 18.6 Å². The van der Waals surface area contributed by atoms with Gasteiger partial charge in [0.05, 0.1) is 28.7 Å². The van der Waals surface area contributed by atoms with Crippen LogP contribution >= 0.6 is 23.2 Å². The lowest BCUT2D eigenvalue weighted by Crippen LogP contribution is -2.31. The SMILES string of the molecule is O=C(O)CC(NC(=O)c1cc(O)n(-c2ccc(Cl)cc2)n1)c1cccc(C(F)(F)F)c1Cl. The van der Waals surface area contributed by atoms with Gasteiger partial charge in [0.15, 0.2) is 5.69 Å². The van der Waals surface area contributed by atoms with Crippen molar-refractivity contribution in [3.05, 3.63) is 75.4 Å². The third-order valence-corrected chi connectivity index (χ3v) is 5.06. The first-order valence-corrected chi connectivity index (χ1v) is 9.66. The lowest BCUT2D eigenvalue weighted by molar-refractivity contribution is -0.138. The number of hydrogen-bond acceptors (Lipinski definition) is 4. The number of carbonyl (C=O) groups is 2. The van der Waals surface area contributed by atoms with E-state index in [-0.39, 0.29) is 11.3 Å². The van der Waals surface area contributed by atoms with Gasteiger partial charge in [-0.25, -0.2) is 4.68 Å². The van der Waals surface area contributed by atoms with Crippen molar-refractivity contribution in [1.82, 2.24) is 15.1 Å². The zero-order valence-corrected chi connectivity index (χ0v) is 17.4. The van der Waals surface area contributed by atoms with Gasteiger partial charge in [-0.05, 0) is 35.9 Å². The highest BCUT2D eigenvalue weighted by atomic mass is 35.5. The molecule has 0 aliphatic heterocycles. The highest BCUT2D eigenvalue weighted by Crippen LogP contribution is 2.38. The van der Waals surface area contributed by atoms with Crippen LogP contribution in [0.5, 0.6) is 5.88 Å². The Morgan fingerprint density at radius 2 is 1.78 bits per heavy atom. The van der Waals surface area contributed by atoms with Crippen LogP contribution in [0.15, 0.2) is 48.5 Å². The second-order valence-electron chi connectivity index (χ2n) is 6.61. The fourth-order valence-electron chi connectivity index (χ4n) is 2.94. The number of benzene rings is 2. The Morgan fingerprint density at radius 3 is 2.38 bits per heavy atom. The highest BCUT2D eigenvalue weighted by Gasteiger charge is 2.35. The molecule has 0 aliphatic carbocycles. The van der Waals surface area contributed by atoms with Crippen LogP contribution in [0.25, 0.3) is 5.69 Å². The average molecular weight is 488 g/mol. The topological polar surface area (TPSA) is 104 Å². The van der Waals surface area contributed by atoms with Crippen molar-refractivity contribution in [1.29, 1.82) is 0 Å². The number of aromatic hydroxyl groups is 1. The van der Waals surface area contributed by atoms with E-state index in [1.165, 1.54) is 30.3 Å². The van der Waals surface area contributed by atoms with Crippen LogP contribution in [0.1, 0.15) is 34.1 Å². The number of nitrogens with zero attached hydrogens (tertiary/aromatic N) is 2. The molecule has 12 heteroatoms. The summed E-state index contributed by atoms with van der Waals surface area (Å²) in [7, 11) is 0. The highest BCUT2D eigenvalue weighted by molar-refractivity contribution is 6.32. The van der Waals surface area contributed by atoms with Gasteiger partial charge in [-0.15, -0.1) is 0 Å². The molecular weight excluding hydrogens is 474 g/mol. The number of aromatic nitrogens is 2. The Morgan fingerprint density at radius 1 is 1.12 bits per heavy atom. The maximum absolute atomic E-state index is 13.2. The van der Waals surface area contributed by atoms with Gasteiger partial charge in [-0.2, -0.15) is 18.3 Å². The fraction of sp³-hybridized carbons (Fsp3) is 0.150. The number of rotatable bonds is 6. The van der Waals surface area contributed by atoms with Crippen molar-refractivity contribution in [3.63, 3.8) is 0 Å². The molecular formula is C20H14Cl2F3N3O4. The third kappa shape index (κ3) is 5.14. The average Bonchev–Trinajstić information content (AvgIpc) is 3.09. The van der Waals surface area contributed by atoms with Crippen molar-refractivity contribution in [2.75, 3.05) is 0 Å². The molecule has 1 amide bonds. The summed E-state index contributed by atoms with van der Waals surface area (Å²) in [5.74, 6) is -2.70. The lowest BCUT2D eigenvalue weighted by Gasteiger charge is -2.20. The molecule has 1 atom stereocenters. The van der Waals surface area contributed by atoms with Crippen molar-refractivity contribution >= 4 is 35.1 Å². The Labute approximate surface area is 189 Å². The second kappa shape index (κ2) is 9.09. The molecule has 0 bridgehead atoms. The monoisotopic (exact) mass is 487 g/mol. The zero-order valence-electron chi connectivity index (χ0n) is 15.9. The summed E-state index contributed by atoms with van der Waals surface area (Å²) in [5.41, 5.74) is -1.30. The van der Waals surface area contributed by atoms with Crippen molar-refractivity contribution in [2.24, 2.45) is 0 Å². The van der Waals surface area contributed by atoms with Crippen LogP contribution in [0.3, 0.4) is 0 Å². The van der Waals surface area contributed by atoms with E-state index in [9.17, 15) is 33.0 Å². The number of alkyl halides is 3. The van der Waals surface area contributed by atoms with Crippen molar-refractivity contribution in [3.8, 4) is 11.6 Å². The number of carboxylic acids is 1. The summed E-state index contributed by atoms with van der Waals surface area (Å²) >= 11 is 11.7. The van der Waals surface area contributed by atoms with Crippen LogP contribution in [0.2, 0.25) is 10.0 Å². The Bertz CT molecular complexity index is 1160. The largest absolute Gasteiger partial charge is 0.493 e. The minimum absolute atomic E-state index is 0.224. The number of aliphatic carboxylic acids is 1. The van der Waals surface area contributed by atoms with E-state index in [1.54, 1.807) is 0 Å². The zero-order chi connectivity index (χ0) is 23.6. The van der Waals surface area contributed by atoms with E-state index >= 15 is 0 Å². The third-order valence-electron chi connectivity index (χ3n) is 4.39. The Balaban J connectivity index is 1.92. The number of carbonyl (C=O) groups excluding carboxylic acids is 1. The maximum Gasteiger partial charge on any atom is 0.417 e. The van der Waals surface area contributed by atoms with Gasteiger partial charge >= 0.3 is 12.1 Å². The first kappa shape index (κ1) is 23.4. The molecule has 3 rings (SSSR count). The van der Waals surface area contributed by atoms with Gasteiger partial charge in [-0.3, -0.25) is 9.59 Å². The number of amides is 1. The summed E-state index contributed by atoms with van der Waals surface area (Å²) in [5, 5.41) is 25.3. The number of nitrogens with one attached hydrogen (secondary N) is 1. The molecule has 0 aliphatic rings. The van der Waals surface area contributed by atoms with Gasteiger partial charge in [-0.1, -0.05) is 35.3 Å². The quantitative estimate of drug-likeness (QED) is 0.460. The predicted molar refractivity (Wildman–Crippen MR) is 109 cm³/mol. The lowest BCUT2D eigenvalue weighted by atomic mass is 10.0. The molecule has 0 spiro atoms. The molecule has 1 aromatic heterocycles. The van der Waals surface area contributed by atoms with E-state index in [0.29, 0.717) is 10.7 Å². The first-order chi connectivity index (χ1) is 15.0. The second-order valence-corrected chi connectivity index (χ2v) is 7.42. The van der Waals surface area contributed by atoms with Gasteiger partial charge in [0.2, 0.25) is 5.88 Å². The molecule has 3 aromatic rings. The van der Waals surface area contributed by atoms with E-state index < -0.39 is 47.0 Å². The van der Waals surface area contributed by atoms with Gasteiger partial charge < -0.3 is 15.5 Å². The van der Waals surface area contributed by atoms with Crippen molar-refractivity contribution < 1.29 is 33.0 Å². The summed E-state index contributed by atoms with van der Waals surface area (Å²) < 4.78 is 40.6. The van der Waals surface area contributed by atoms with E-state index in [0.717, 1.165) is 22.9 Å². The Hall–Kier alpha value is -3.24. The minimum Gasteiger partial charge on any atom is -0.493 e. The number of hydrogen-bond donors (Lipinski definition) is 3. The fourth-order valence-corrected chi connectivity index (χ4v) is 3.43. The van der Waals surface area contributed by atoms with E-state index in [4.69, 9.17) is 23.2 Å². The Kier molecular flexibility index (Phi) is 6.65. The maximum atomic E-state index is 13.2. The van der Waals surface area contributed by atoms with Crippen LogP contribution in [-0.4, -0.2) is 31.9 Å². The molecule has 1 heterocycles. The summed E-state index contributed by atoms with van der Waals surface area (Å²) in [6.07, 6.45) is -5.51. The first-order valence-electron chi connectivity index (χ1n) is 8.90. The molecule has 0 saturated heterocycles. The smallest absolute Gasteiger partial charge is 0.417 e. The number of halogens is 5. The van der Waals surface area contributed by atoms with Gasteiger partial charge in [0, 0.05) is 11.1 Å². The normalized spacial score (nSPS) is 12.4. The number of carboxylic acid groups (broad SMARTS) is 1. The minimum atomic E-state index is -4.77. The van der Waals surface area contributed by atoms with E-state index in [1.807, 2.05) is 0 Å². The van der Waals surface area contributed by atoms with Gasteiger partial charge in [0.25, 0.3) is 5.91 Å². The van der Waals surface area contributed by atoms with Crippen LogP contribution in [0, 0.1) is 0 Å². The van der Waals surface area contributed by atoms with Crippen LogP contribution in [-0.2, 0) is 11.0 Å². The molecule has 2 aromatic carbocycles. The summed E-state index contributed by atoms with van der Waals surface area (Å²) in [6, 6.07) is 8.78. The molecule has 168 valence electrons. The van der Waals surface area contributed by atoms with Crippen LogP contribution in [0.4, 0.5) is 13.2 Å². The predicted octanol–water partition coefficient (Wildman–Crippen LogP) is 4.85. The summed E-state index contributed by atoms with van der Waals surface area (Å²) in [6.45, 7) is 0. The molecule has 0 fully saturated rings.